The molecule has 3 N–H and O–H groups in total. The minimum absolute atomic E-state index is 0. The molecule has 0 radical (unpaired) electrons. The number of aryl methyl sites for hydroxylation is 3. The smallest absolute Gasteiger partial charge is 0.240 e. The molecule has 0 bridgehead atoms. The first kappa shape index (κ1) is 19.9. The molecule has 0 aromatic carbocycles. The first-order valence-electron chi connectivity index (χ1n) is 7.38. The van der Waals surface area contributed by atoms with Gasteiger partial charge in [0.1, 0.15) is 0 Å². The summed E-state index contributed by atoms with van der Waals surface area (Å²) in [4.78, 5) is 11.8. The molecule has 2 rings (SSSR count). The Kier molecular flexibility index (Phi) is 7.66. The second kappa shape index (κ2) is 9.24. The number of hydrogen-bond acceptors (Lipinski definition) is 4. The van der Waals surface area contributed by atoms with Crippen LogP contribution < -0.4 is 16.2 Å². The van der Waals surface area contributed by atoms with Gasteiger partial charge in [-0.3, -0.25) is 25.0 Å². The molecular formula is C14H22ClN7OS. The number of halogens is 1. The van der Waals surface area contributed by atoms with E-state index in [1.54, 1.807) is 10.9 Å². The van der Waals surface area contributed by atoms with Crippen LogP contribution >= 0.6 is 24.6 Å². The largest absolute Gasteiger partial charge is 0.329 e. The zero-order valence-corrected chi connectivity index (χ0v) is 15.5. The summed E-state index contributed by atoms with van der Waals surface area (Å²) in [6, 6.07) is 1.90. The van der Waals surface area contributed by atoms with Crippen molar-refractivity contribution in [1.82, 2.24) is 30.4 Å². The molecule has 1 amide bonds. The van der Waals surface area contributed by atoms with E-state index in [1.165, 1.54) is 0 Å². The van der Waals surface area contributed by atoms with Gasteiger partial charge < -0.3 is 5.32 Å². The molecule has 0 saturated carbocycles. The molecule has 2 heterocycles. The van der Waals surface area contributed by atoms with Gasteiger partial charge in [0.05, 0.1) is 23.3 Å². The Morgan fingerprint density at radius 1 is 1.33 bits per heavy atom. The Morgan fingerprint density at radius 3 is 2.67 bits per heavy atom. The lowest BCUT2D eigenvalue weighted by Crippen LogP contribution is -2.44. The van der Waals surface area contributed by atoms with Gasteiger partial charge >= 0.3 is 0 Å². The van der Waals surface area contributed by atoms with Gasteiger partial charge in [-0.05, 0) is 39.1 Å². The quantitative estimate of drug-likeness (QED) is 0.546. The minimum atomic E-state index is -0.164. The maximum Gasteiger partial charge on any atom is 0.240 e. The Labute approximate surface area is 152 Å². The SMILES string of the molecule is CCn1ncc(NC(=S)NNC(=O)CCn2ccc(C)n2)c1C.Cl. The average Bonchev–Trinajstić information content (AvgIpc) is 3.09. The molecule has 2 aromatic rings. The van der Waals surface area contributed by atoms with Crippen molar-refractivity contribution in [2.24, 2.45) is 0 Å². The summed E-state index contributed by atoms with van der Waals surface area (Å²) in [5.74, 6) is -0.164. The number of nitrogens with one attached hydrogen (secondary N) is 3. The third-order valence-corrected chi connectivity index (χ3v) is 3.51. The number of hydrogen-bond donors (Lipinski definition) is 3. The molecular weight excluding hydrogens is 350 g/mol. The van der Waals surface area contributed by atoms with Crippen LogP contribution in [0, 0.1) is 13.8 Å². The fraction of sp³-hybridized carbons (Fsp3) is 0.429. The number of hydrazine groups is 1. The number of carbonyl (C=O) groups is 1. The first-order chi connectivity index (χ1) is 11.0. The van der Waals surface area contributed by atoms with Crippen LogP contribution in [0.4, 0.5) is 5.69 Å². The fourth-order valence-corrected chi connectivity index (χ4v) is 2.20. The lowest BCUT2D eigenvalue weighted by molar-refractivity contribution is -0.121. The molecule has 0 aliphatic heterocycles. The summed E-state index contributed by atoms with van der Waals surface area (Å²) in [5, 5.41) is 11.8. The van der Waals surface area contributed by atoms with Crippen LogP contribution in [-0.2, 0) is 17.9 Å². The van der Waals surface area contributed by atoms with Crippen LogP contribution in [0.3, 0.4) is 0 Å². The Hall–Kier alpha value is -2.13. The summed E-state index contributed by atoms with van der Waals surface area (Å²) >= 11 is 5.15. The van der Waals surface area contributed by atoms with E-state index in [1.807, 2.05) is 37.7 Å². The topological polar surface area (TPSA) is 88.8 Å². The van der Waals surface area contributed by atoms with Crippen molar-refractivity contribution in [2.75, 3.05) is 5.32 Å². The molecule has 132 valence electrons. The summed E-state index contributed by atoms with van der Waals surface area (Å²) in [5.41, 5.74) is 7.96. The highest BCUT2D eigenvalue weighted by Crippen LogP contribution is 2.12. The fourth-order valence-electron chi connectivity index (χ4n) is 2.03. The lowest BCUT2D eigenvalue weighted by Gasteiger charge is -2.11. The number of rotatable bonds is 5. The van der Waals surface area contributed by atoms with Crippen molar-refractivity contribution < 1.29 is 4.79 Å². The standard InChI is InChI=1S/C14H21N7OS.ClH/c1-4-21-11(3)12(9-15-21)16-14(23)18-17-13(22)6-8-20-7-5-10(2)19-20;/h5,7,9H,4,6,8H2,1-3H3,(H,17,22)(H2,16,18,23);1H. The van der Waals surface area contributed by atoms with E-state index in [0.29, 0.717) is 18.1 Å². The predicted molar refractivity (Wildman–Crippen MR) is 99.0 cm³/mol. The van der Waals surface area contributed by atoms with E-state index in [9.17, 15) is 4.79 Å². The van der Waals surface area contributed by atoms with Crippen LogP contribution in [0.15, 0.2) is 18.5 Å². The predicted octanol–water partition coefficient (Wildman–Crippen LogP) is 1.55. The number of thiocarbonyl (C=S) groups is 1. The highest BCUT2D eigenvalue weighted by Gasteiger charge is 2.07. The molecule has 2 aromatic heterocycles. The maximum atomic E-state index is 11.8. The van der Waals surface area contributed by atoms with Gasteiger partial charge in [-0.25, -0.2) is 0 Å². The summed E-state index contributed by atoms with van der Waals surface area (Å²) in [6.07, 6.45) is 3.86. The van der Waals surface area contributed by atoms with Gasteiger partial charge in [0.2, 0.25) is 5.91 Å². The Morgan fingerprint density at radius 2 is 2.08 bits per heavy atom. The van der Waals surface area contributed by atoms with Gasteiger partial charge in [-0.2, -0.15) is 10.2 Å². The number of carbonyl (C=O) groups excluding carboxylic acids is 1. The van der Waals surface area contributed by atoms with E-state index < -0.39 is 0 Å². The van der Waals surface area contributed by atoms with E-state index in [-0.39, 0.29) is 18.3 Å². The summed E-state index contributed by atoms with van der Waals surface area (Å²) < 4.78 is 3.59. The number of aromatic nitrogens is 4. The summed E-state index contributed by atoms with van der Waals surface area (Å²) in [6.45, 7) is 7.18. The van der Waals surface area contributed by atoms with Crippen LogP contribution in [0.1, 0.15) is 24.7 Å². The highest BCUT2D eigenvalue weighted by molar-refractivity contribution is 7.80. The average molecular weight is 372 g/mol. The number of nitrogens with zero attached hydrogens (tertiary/aromatic N) is 4. The van der Waals surface area contributed by atoms with Crippen molar-refractivity contribution >= 4 is 41.3 Å². The molecule has 0 aliphatic carbocycles. The van der Waals surface area contributed by atoms with Gasteiger partial charge in [0.15, 0.2) is 5.11 Å². The molecule has 10 heteroatoms. The maximum absolute atomic E-state index is 11.8. The molecule has 0 aliphatic rings. The molecule has 8 nitrogen and oxygen atoms in total. The van der Waals surface area contributed by atoms with Crippen molar-refractivity contribution in [3.8, 4) is 0 Å². The second-order valence-corrected chi connectivity index (χ2v) is 5.47. The van der Waals surface area contributed by atoms with E-state index >= 15 is 0 Å². The molecule has 0 unspecified atom stereocenters. The Bertz CT molecular complexity index is 697. The van der Waals surface area contributed by atoms with Crippen LogP contribution in [-0.4, -0.2) is 30.6 Å². The van der Waals surface area contributed by atoms with Crippen molar-refractivity contribution in [1.29, 1.82) is 0 Å². The van der Waals surface area contributed by atoms with Gasteiger partial charge in [-0.1, -0.05) is 0 Å². The van der Waals surface area contributed by atoms with Crippen molar-refractivity contribution in [2.45, 2.75) is 40.3 Å². The summed E-state index contributed by atoms with van der Waals surface area (Å²) in [7, 11) is 0. The molecule has 24 heavy (non-hydrogen) atoms. The molecule has 0 fully saturated rings. The normalized spacial score (nSPS) is 9.96. The van der Waals surface area contributed by atoms with Gasteiger partial charge in [-0.15, -0.1) is 12.4 Å². The van der Waals surface area contributed by atoms with Crippen molar-refractivity contribution in [3.63, 3.8) is 0 Å². The van der Waals surface area contributed by atoms with Gasteiger partial charge in [0.25, 0.3) is 0 Å². The molecule has 0 atom stereocenters. The zero-order valence-electron chi connectivity index (χ0n) is 13.9. The highest BCUT2D eigenvalue weighted by atomic mass is 35.5. The van der Waals surface area contributed by atoms with Crippen LogP contribution in [0.2, 0.25) is 0 Å². The van der Waals surface area contributed by atoms with Crippen LogP contribution in [0.25, 0.3) is 0 Å². The van der Waals surface area contributed by atoms with Crippen LogP contribution in [0.5, 0.6) is 0 Å². The zero-order chi connectivity index (χ0) is 16.8. The third kappa shape index (κ3) is 5.50. The molecule has 0 spiro atoms. The monoisotopic (exact) mass is 371 g/mol. The molecule has 0 saturated heterocycles. The minimum Gasteiger partial charge on any atom is -0.329 e. The van der Waals surface area contributed by atoms with Gasteiger partial charge in [0, 0.05) is 25.7 Å². The Balaban J connectivity index is 0.00000288. The second-order valence-electron chi connectivity index (χ2n) is 5.06. The number of anilines is 1. The van der Waals surface area contributed by atoms with Crippen molar-refractivity contribution in [3.05, 3.63) is 29.8 Å². The van der Waals surface area contributed by atoms with E-state index in [0.717, 1.165) is 23.6 Å². The number of amides is 1. The first-order valence-corrected chi connectivity index (χ1v) is 7.78. The van der Waals surface area contributed by atoms with E-state index in [2.05, 4.69) is 26.4 Å². The third-order valence-electron chi connectivity index (χ3n) is 3.31. The lowest BCUT2D eigenvalue weighted by atomic mass is 10.4. The van der Waals surface area contributed by atoms with E-state index in [4.69, 9.17) is 12.2 Å².